The van der Waals surface area contributed by atoms with E-state index in [1.165, 1.54) is 0 Å². The van der Waals surface area contributed by atoms with Gasteiger partial charge in [0.05, 0.1) is 12.5 Å². The number of ketones is 1. The van der Waals surface area contributed by atoms with E-state index in [0.717, 1.165) is 12.0 Å². The van der Waals surface area contributed by atoms with E-state index in [9.17, 15) is 4.79 Å². The van der Waals surface area contributed by atoms with Crippen LogP contribution in [-0.2, 0) is 4.79 Å². The van der Waals surface area contributed by atoms with E-state index in [2.05, 4.69) is 0 Å². The normalized spacial score (nSPS) is 12.9. The Hall–Kier alpha value is -1.36. The number of nitrogens with zero attached hydrogens (tertiary/aromatic N) is 1. The van der Waals surface area contributed by atoms with Crippen LogP contribution in [0.3, 0.4) is 0 Å². The van der Waals surface area contributed by atoms with Crippen molar-refractivity contribution in [2.24, 2.45) is 5.41 Å². The van der Waals surface area contributed by atoms with Crippen LogP contribution >= 0.6 is 0 Å². The number of carbonyl (C=O) groups is 1. The zero-order valence-corrected chi connectivity index (χ0v) is 10.0. The van der Waals surface area contributed by atoms with Crippen LogP contribution in [0.25, 0.3) is 0 Å². The minimum absolute atomic E-state index is 0.0222. The van der Waals surface area contributed by atoms with E-state index in [-0.39, 0.29) is 12.2 Å². The number of carbonyl (C=O) groups excluding carboxylic acids is 1. The van der Waals surface area contributed by atoms with Crippen molar-refractivity contribution in [1.29, 1.82) is 5.26 Å². The van der Waals surface area contributed by atoms with E-state index in [0.29, 0.717) is 0 Å². The van der Waals surface area contributed by atoms with Crippen molar-refractivity contribution in [2.75, 3.05) is 0 Å². The molecule has 0 N–H and O–H groups in total. The molecule has 0 unspecified atom stereocenters. The van der Waals surface area contributed by atoms with E-state index >= 15 is 0 Å². The molecule has 2 heteroatoms. The summed E-state index contributed by atoms with van der Waals surface area (Å²) in [5, 5.41) is 8.53. The van der Waals surface area contributed by atoms with Crippen LogP contribution in [0.2, 0.25) is 0 Å². The molecule has 0 saturated heterocycles. The summed E-state index contributed by atoms with van der Waals surface area (Å²) in [4.78, 5) is 11.8. The van der Waals surface area contributed by atoms with Gasteiger partial charge >= 0.3 is 0 Å². The van der Waals surface area contributed by atoms with Gasteiger partial charge in [0, 0.05) is 5.41 Å². The van der Waals surface area contributed by atoms with Crippen molar-refractivity contribution in [3.8, 4) is 6.07 Å². The van der Waals surface area contributed by atoms with Crippen molar-refractivity contribution in [3.05, 3.63) is 23.8 Å². The van der Waals surface area contributed by atoms with Crippen molar-refractivity contribution < 1.29 is 4.79 Å². The van der Waals surface area contributed by atoms with Gasteiger partial charge in [0.2, 0.25) is 0 Å². The van der Waals surface area contributed by atoms with Gasteiger partial charge in [-0.1, -0.05) is 25.2 Å². The second kappa shape index (κ2) is 6.19. The Labute approximate surface area is 92.3 Å². The highest BCUT2D eigenvalue weighted by Crippen LogP contribution is 2.30. The minimum Gasteiger partial charge on any atom is -0.298 e. The maximum absolute atomic E-state index is 11.8. The summed E-state index contributed by atoms with van der Waals surface area (Å²) in [5.41, 5.74) is 0.436. The molecule has 0 spiro atoms. The molecule has 0 aromatic heterocycles. The lowest BCUT2D eigenvalue weighted by molar-refractivity contribution is -0.124. The summed E-state index contributed by atoms with van der Waals surface area (Å²) in [7, 11) is 0. The van der Waals surface area contributed by atoms with Crippen molar-refractivity contribution in [2.45, 2.75) is 40.5 Å². The Morgan fingerprint density at radius 2 is 2.07 bits per heavy atom. The number of hydrogen-bond donors (Lipinski definition) is 0. The third kappa shape index (κ3) is 3.71. The van der Waals surface area contributed by atoms with Gasteiger partial charge in [0.25, 0.3) is 0 Å². The Morgan fingerprint density at radius 3 is 2.47 bits per heavy atom. The Balaban J connectivity index is 5.04. The summed E-state index contributed by atoms with van der Waals surface area (Å²) >= 11 is 0. The fraction of sp³-hybridized carbons (Fsp3) is 0.538. The molecule has 0 atom stereocenters. The lowest BCUT2D eigenvalue weighted by Crippen LogP contribution is -2.25. The fourth-order valence-corrected chi connectivity index (χ4v) is 1.38. The van der Waals surface area contributed by atoms with Gasteiger partial charge in [-0.25, -0.2) is 0 Å². The average molecular weight is 205 g/mol. The minimum atomic E-state index is -0.557. The molecule has 0 heterocycles. The highest BCUT2D eigenvalue weighted by Gasteiger charge is 2.29. The lowest BCUT2D eigenvalue weighted by Gasteiger charge is -2.23. The average Bonchev–Trinajstić information content (AvgIpc) is 2.18. The molecule has 0 amide bonds. The monoisotopic (exact) mass is 205 g/mol. The molecule has 0 bridgehead atoms. The summed E-state index contributed by atoms with van der Waals surface area (Å²) in [6.45, 7) is 7.70. The van der Waals surface area contributed by atoms with Crippen LogP contribution in [-0.4, -0.2) is 5.78 Å². The van der Waals surface area contributed by atoms with E-state index in [4.69, 9.17) is 5.26 Å². The summed E-state index contributed by atoms with van der Waals surface area (Å²) in [6, 6.07) is 1.91. The van der Waals surface area contributed by atoms with Crippen LogP contribution in [0.5, 0.6) is 0 Å². The van der Waals surface area contributed by atoms with E-state index < -0.39 is 5.41 Å². The molecule has 2 nitrogen and oxygen atoms in total. The van der Waals surface area contributed by atoms with Crippen molar-refractivity contribution in [3.63, 3.8) is 0 Å². The van der Waals surface area contributed by atoms with Crippen LogP contribution in [0, 0.1) is 16.7 Å². The maximum Gasteiger partial charge on any atom is 0.156 e. The molecule has 15 heavy (non-hydrogen) atoms. The molecular formula is C13H19NO. The quantitative estimate of drug-likeness (QED) is 0.645. The standard InChI is InChI=1S/C13H19NO/c1-5-7-11(8-6-2)13(3,4)12(15)9-10-14/h5,7-8H,6,9H2,1-4H3/b7-5-,11-8+. The molecule has 0 aliphatic heterocycles. The maximum atomic E-state index is 11.8. The predicted octanol–water partition coefficient (Wildman–Crippen LogP) is 3.41. The van der Waals surface area contributed by atoms with Gasteiger partial charge < -0.3 is 0 Å². The molecule has 0 saturated carbocycles. The first-order chi connectivity index (χ1) is 7.00. The van der Waals surface area contributed by atoms with Gasteiger partial charge in [0.1, 0.15) is 0 Å². The molecule has 0 aromatic rings. The summed E-state index contributed by atoms with van der Waals surface area (Å²) in [6.07, 6.45) is 6.77. The predicted molar refractivity (Wildman–Crippen MR) is 62.2 cm³/mol. The zero-order chi connectivity index (χ0) is 11.9. The Morgan fingerprint density at radius 1 is 1.47 bits per heavy atom. The van der Waals surface area contributed by atoms with Gasteiger partial charge in [-0.15, -0.1) is 0 Å². The van der Waals surface area contributed by atoms with Crippen LogP contribution in [0.1, 0.15) is 40.5 Å². The molecule has 82 valence electrons. The van der Waals surface area contributed by atoms with Gasteiger partial charge in [0.15, 0.2) is 5.78 Å². The number of hydrogen-bond acceptors (Lipinski definition) is 2. The molecule has 0 aliphatic rings. The first kappa shape index (κ1) is 13.6. The molecule has 0 radical (unpaired) electrons. The Kier molecular flexibility index (Phi) is 5.62. The molecule has 0 fully saturated rings. The third-order valence-electron chi connectivity index (χ3n) is 2.43. The topological polar surface area (TPSA) is 40.9 Å². The van der Waals surface area contributed by atoms with Crippen LogP contribution in [0.4, 0.5) is 0 Å². The molecule has 0 aromatic carbocycles. The van der Waals surface area contributed by atoms with Crippen LogP contribution < -0.4 is 0 Å². The summed E-state index contributed by atoms with van der Waals surface area (Å²) in [5.74, 6) is -0.0252. The van der Waals surface area contributed by atoms with Crippen LogP contribution in [0.15, 0.2) is 23.8 Å². The third-order valence-corrected chi connectivity index (χ3v) is 2.43. The summed E-state index contributed by atoms with van der Waals surface area (Å²) < 4.78 is 0. The zero-order valence-electron chi connectivity index (χ0n) is 10.0. The number of Topliss-reactive ketones (excluding diaryl/α,β-unsaturated/α-hetero) is 1. The number of rotatable bonds is 5. The second-order valence-electron chi connectivity index (χ2n) is 3.95. The lowest BCUT2D eigenvalue weighted by atomic mass is 9.78. The fourth-order valence-electron chi connectivity index (χ4n) is 1.38. The Bertz CT molecular complexity index is 316. The highest BCUT2D eigenvalue weighted by atomic mass is 16.1. The van der Waals surface area contributed by atoms with E-state index in [1.807, 2.05) is 52.0 Å². The number of nitriles is 1. The SMILES string of the molecule is C/C=C\C(=C/CC)C(C)(C)C(=O)CC#N. The molecule has 0 aliphatic carbocycles. The second-order valence-corrected chi connectivity index (χ2v) is 3.95. The molecule has 0 rings (SSSR count). The van der Waals surface area contributed by atoms with Crippen molar-refractivity contribution in [1.82, 2.24) is 0 Å². The first-order valence-electron chi connectivity index (χ1n) is 5.24. The van der Waals surface area contributed by atoms with Gasteiger partial charge in [-0.05, 0) is 32.8 Å². The number of allylic oxidation sites excluding steroid dienone is 4. The smallest absolute Gasteiger partial charge is 0.156 e. The van der Waals surface area contributed by atoms with Crippen molar-refractivity contribution >= 4 is 5.78 Å². The van der Waals surface area contributed by atoms with Gasteiger partial charge in [-0.3, -0.25) is 4.79 Å². The van der Waals surface area contributed by atoms with E-state index in [1.54, 1.807) is 0 Å². The highest BCUT2D eigenvalue weighted by molar-refractivity contribution is 5.89. The first-order valence-corrected chi connectivity index (χ1v) is 5.24. The van der Waals surface area contributed by atoms with Gasteiger partial charge in [-0.2, -0.15) is 5.26 Å². The largest absolute Gasteiger partial charge is 0.298 e. The molecular weight excluding hydrogens is 186 g/mol.